The first-order chi connectivity index (χ1) is 13.0. The molecule has 0 aliphatic rings. The maximum atomic E-state index is 13.0. The van der Waals surface area contributed by atoms with Crippen LogP contribution in [-0.4, -0.2) is 26.1 Å². The van der Waals surface area contributed by atoms with E-state index in [0.717, 1.165) is 44.9 Å². The van der Waals surface area contributed by atoms with Crippen molar-refractivity contribution in [2.75, 3.05) is 5.75 Å². The number of carbonyl (C=O) groups excluding carboxylic acids is 1. The van der Waals surface area contributed by atoms with E-state index in [0.29, 0.717) is 11.7 Å². The van der Waals surface area contributed by atoms with Gasteiger partial charge in [0, 0.05) is 28.7 Å². The summed E-state index contributed by atoms with van der Waals surface area (Å²) in [6.45, 7) is 7.25. The molecule has 2 aromatic heterocycles. The highest BCUT2D eigenvalue weighted by atomic mass is 32.2. The van der Waals surface area contributed by atoms with Gasteiger partial charge in [-0.2, -0.15) is 0 Å². The van der Waals surface area contributed by atoms with Crippen LogP contribution in [0.3, 0.4) is 0 Å². The summed E-state index contributed by atoms with van der Waals surface area (Å²) in [4.78, 5) is 21.1. The smallest absolute Gasteiger partial charge is 0.175 e. The number of carbonyl (C=O) groups is 1. The molecule has 0 saturated heterocycles. The molecule has 0 aliphatic carbocycles. The Labute approximate surface area is 163 Å². The number of H-pyrrole nitrogens is 1. The van der Waals surface area contributed by atoms with Crippen molar-refractivity contribution >= 4 is 39.5 Å². The van der Waals surface area contributed by atoms with Gasteiger partial charge in [-0.3, -0.25) is 4.79 Å². The Morgan fingerprint density at radius 3 is 2.70 bits per heavy atom. The van der Waals surface area contributed by atoms with Crippen molar-refractivity contribution in [3.8, 4) is 0 Å². The molecule has 1 N–H and O–H groups in total. The highest BCUT2D eigenvalue weighted by Gasteiger charge is 2.18. The number of imidazole rings is 1. The summed E-state index contributed by atoms with van der Waals surface area (Å²) in [5, 5.41) is 1.91. The highest BCUT2D eigenvalue weighted by Crippen LogP contribution is 2.28. The quantitative estimate of drug-likeness (QED) is 0.359. The number of hydrogen-bond donors (Lipinski definition) is 1. The van der Waals surface area contributed by atoms with E-state index in [2.05, 4.69) is 29.5 Å². The van der Waals surface area contributed by atoms with E-state index in [9.17, 15) is 4.79 Å². The Morgan fingerprint density at radius 1 is 1.15 bits per heavy atom. The molecule has 4 rings (SSSR count). The minimum absolute atomic E-state index is 0.137. The summed E-state index contributed by atoms with van der Waals surface area (Å²) in [6, 6.07) is 16.1. The molecule has 0 atom stereocenters. The number of nitrogens with zero attached hydrogens (tertiary/aromatic N) is 2. The van der Waals surface area contributed by atoms with Gasteiger partial charge in [-0.25, -0.2) is 4.98 Å². The van der Waals surface area contributed by atoms with E-state index < -0.39 is 0 Å². The molecule has 0 radical (unpaired) electrons. The molecule has 2 aromatic carbocycles. The first kappa shape index (κ1) is 17.9. The predicted octanol–water partition coefficient (Wildman–Crippen LogP) is 5.46. The van der Waals surface area contributed by atoms with Crippen molar-refractivity contribution < 1.29 is 4.79 Å². The minimum Gasteiger partial charge on any atom is -0.358 e. The molecule has 0 bridgehead atoms. The van der Waals surface area contributed by atoms with E-state index in [1.54, 1.807) is 0 Å². The fourth-order valence-electron chi connectivity index (χ4n) is 3.54. The third-order valence-corrected chi connectivity index (χ3v) is 5.65. The van der Waals surface area contributed by atoms with Gasteiger partial charge in [0.1, 0.15) is 0 Å². The fourth-order valence-corrected chi connectivity index (χ4v) is 4.44. The molecule has 4 nitrogen and oxygen atoms in total. The zero-order chi connectivity index (χ0) is 19.0. The standard InChI is InChI=1S/C22H23N3OS/c1-14(2)12-25-19-11-7-6-10-18(19)24-22(25)27-13-20(26)21-15(3)23-17-9-5-4-8-16(17)21/h4-11,14,23H,12-13H2,1-3H3. The summed E-state index contributed by atoms with van der Waals surface area (Å²) in [7, 11) is 0. The van der Waals surface area contributed by atoms with Gasteiger partial charge in [0.15, 0.2) is 10.9 Å². The van der Waals surface area contributed by atoms with E-state index >= 15 is 0 Å². The number of rotatable bonds is 6. The van der Waals surface area contributed by atoms with Gasteiger partial charge in [0.2, 0.25) is 0 Å². The average molecular weight is 378 g/mol. The van der Waals surface area contributed by atoms with Gasteiger partial charge in [0.05, 0.1) is 16.8 Å². The Bertz CT molecular complexity index is 1120. The van der Waals surface area contributed by atoms with Crippen LogP contribution >= 0.6 is 11.8 Å². The second-order valence-electron chi connectivity index (χ2n) is 7.27. The van der Waals surface area contributed by atoms with Crippen molar-refractivity contribution in [3.63, 3.8) is 0 Å². The van der Waals surface area contributed by atoms with Crippen LogP contribution < -0.4 is 0 Å². The predicted molar refractivity (Wildman–Crippen MR) is 113 cm³/mol. The van der Waals surface area contributed by atoms with Crippen LogP contribution in [0.2, 0.25) is 0 Å². The summed E-state index contributed by atoms with van der Waals surface area (Å²) < 4.78 is 2.24. The molecule has 0 fully saturated rings. The fraction of sp³-hybridized carbons (Fsp3) is 0.273. The van der Waals surface area contributed by atoms with Crippen LogP contribution in [0.15, 0.2) is 53.7 Å². The van der Waals surface area contributed by atoms with Gasteiger partial charge in [0.25, 0.3) is 0 Å². The Balaban J connectivity index is 1.63. The zero-order valence-electron chi connectivity index (χ0n) is 15.8. The van der Waals surface area contributed by atoms with E-state index in [4.69, 9.17) is 4.98 Å². The normalized spacial score (nSPS) is 11.7. The van der Waals surface area contributed by atoms with E-state index in [-0.39, 0.29) is 5.78 Å². The molecule has 0 unspecified atom stereocenters. The molecule has 5 heteroatoms. The first-order valence-corrected chi connectivity index (χ1v) is 10.2. The topological polar surface area (TPSA) is 50.7 Å². The lowest BCUT2D eigenvalue weighted by Gasteiger charge is -2.11. The van der Waals surface area contributed by atoms with Crippen molar-refractivity contribution in [3.05, 3.63) is 59.8 Å². The van der Waals surface area contributed by atoms with Gasteiger partial charge in [-0.05, 0) is 31.0 Å². The molecule has 2 heterocycles. The molecule has 27 heavy (non-hydrogen) atoms. The zero-order valence-corrected chi connectivity index (χ0v) is 16.6. The molecule has 4 aromatic rings. The number of aryl methyl sites for hydroxylation is 1. The number of nitrogens with one attached hydrogen (secondary N) is 1. The van der Waals surface area contributed by atoms with Crippen LogP contribution in [0.5, 0.6) is 0 Å². The largest absolute Gasteiger partial charge is 0.358 e. The molecule has 0 saturated carbocycles. The summed E-state index contributed by atoms with van der Waals surface area (Å²) in [5.41, 5.74) is 4.85. The Morgan fingerprint density at radius 2 is 1.89 bits per heavy atom. The Kier molecular flexibility index (Phi) is 4.79. The number of aromatic nitrogens is 3. The number of benzene rings is 2. The lowest BCUT2D eigenvalue weighted by molar-refractivity contribution is 0.102. The molecular weight excluding hydrogens is 354 g/mol. The third-order valence-electron chi connectivity index (χ3n) is 4.67. The Hall–Kier alpha value is -2.53. The SMILES string of the molecule is Cc1[nH]c2ccccc2c1C(=O)CSc1nc2ccccc2n1CC(C)C. The van der Waals surface area contributed by atoms with E-state index in [1.165, 1.54) is 11.8 Å². The molecule has 0 aliphatic heterocycles. The monoisotopic (exact) mass is 377 g/mol. The summed E-state index contributed by atoms with van der Waals surface area (Å²) in [6.07, 6.45) is 0. The maximum Gasteiger partial charge on any atom is 0.175 e. The number of thioether (sulfide) groups is 1. The number of para-hydroxylation sites is 3. The van der Waals surface area contributed by atoms with Crippen LogP contribution in [0, 0.1) is 12.8 Å². The minimum atomic E-state index is 0.137. The van der Waals surface area contributed by atoms with Crippen molar-refractivity contribution in [1.29, 1.82) is 0 Å². The van der Waals surface area contributed by atoms with Crippen LogP contribution in [-0.2, 0) is 6.54 Å². The number of Topliss-reactive ketones (excluding diaryl/α,β-unsaturated/α-hetero) is 1. The van der Waals surface area contributed by atoms with Crippen molar-refractivity contribution in [2.24, 2.45) is 5.92 Å². The molecule has 138 valence electrons. The van der Waals surface area contributed by atoms with Crippen molar-refractivity contribution in [2.45, 2.75) is 32.5 Å². The highest BCUT2D eigenvalue weighted by molar-refractivity contribution is 7.99. The van der Waals surface area contributed by atoms with Crippen LogP contribution in [0.4, 0.5) is 0 Å². The average Bonchev–Trinajstić information content (AvgIpc) is 3.16. The van der Waals surface area contributed by atoms with Gasteiger partial charge >= 0.3 is 0 Å². The lowest BCUT2D eigenvalue weighted by atomic mass is 10.1. The van der Waals surface area contributed by atoms with Crippen LogP contribution in [0.25, 0.3) is 21.9 Å². The number of fused-ring (bicyclic) bond motifs is 2. The second-order valence-corrected chi connectivity index (χ2v) is 8.21. The molecule has 0 amide bonds. The summed E-state index contributed by atoms with van der Waals surface area (Å²) >= 11 is 1.53. The van der Waals surface area contributed by atoms with Gasteiger partial charge in [-0.1, -0.05) is 55.9 Å². The number of hydrogen-bond acceptors (Lipinski definition) is 3. The maximum absolute atomic E-state index is 13.0. The van der Waals surface area contributed by atoms with Crippen LogP contribution in [0.1, 0.15) is 29.9 Å². The van der Waals surface area contributed by atoms with Gasteiger partial charge in [-0.15, -0.1) is 0 Å². The first-order valence-electron chi connectivity index (χ1n) is 9.23. The third kappa shape index (κ3) is 3.39. The molecular formula is C22H23N3OS. The van der Waals surface area contributed by atoms with Crippen molar-refractivity contribution in [1.82, 2.24) is 14.5 Å². The lowest BCUT2D eigenvalue weighted by Crippen LogP contribution is -2.08. The summed E-state index contributed by atoms with van der Waals surface area (Å²) in [5.74, 6) is 1.02. The number of ketones is 1. The number of aromatic amines is 1. The second kappa shape index (κ2) is 7.24. The van der Waals surface area contributed by atoms with E-state index in [1.807, 2.05) is 49.4 Å². The van der Waals surface area contributed by atoms with Gasteiger partial charge < -0.3 is 9.55 Å². The molecule has 0 spiro atoms.